The molecule has 1 atom stereocenters. The molecular weight excluding hydrogens is 413 g/mol. The molecule has 2 aromatic carbocycles. The van der Waals surface area contributed by atoms with Crippen LogP contribution in [0.5, 0.6) is 5.75 Å². The van der Waals surface area contributed by atoms with Gasteiger partial charge < -0.3 is 14.1 Å². The fraction of sp³-hybridized carbons (Fsp3) is 0.208. The van der Waals surface area contributed by atoms with Crippen molar-refractivity contribution in [3.63, 3.8) is 0 Å². The molecule has 0 aliphatic carbocycles. The average Bonchev–Trinajstić information content (AvgIpc) is 3.49. The van der Waals surface area contributed by atoms with Crippen LogP contribution in [-0.4, -0.2) is 48.1 Å². The topological polar surface area (TPSA) is 75.3 Å². The van der Waals surface area contributed by atoms with Crippen molar-refractivity contribution in [3.05, 3.63) is 89.6 Å². The standard InChI is InChI=1S/C24H22FN3O4/c1-27(24(30)18-6-3-4-7-19(18)25)15-23(29)28-21(22-8-5-13-32-22)14-20(26-28)16-9-11-17(31-2)12-10-16/h3-13,21H,14-15H2,1-2H3/t21-/m0/s1. The molecule has 164 valence electrons. The van der Waals surface area contributed by atoms with Crippen molar-refractivity contribution in [1.29, 1.82) is 0 Å². The summed E-state index contributed by atoms with van der Waals surface area (Å²) < 4.78 is 24.7. The zero-order valence-electron chi connectivity index (χ0n) is 17.7. The number of furan rings is 1. The largest absolute Gasteiger partial charge is 0.497 e. The Bertz CT molecular complexity index is 1140. The minimum Gasteiger partial charge on any atom is -0.497 e. The molecular formula is C24H22FN3O4. The summed E-state index contributed by atoms with van der Waals surface area (Å²) in [6.45, 7) is -0.260. The van der Waals surface area contributed by atoms with Gasteiger partial charge in [-0.1, -0.05) is 12.1 Å². The highest BCUT2D eigenvalue weighted by Crippen LogP contribution is 2.33. The lowest BCUT2D eigenvalue weighted by atomic mass is 10.0. The molecule has 0 saturated heterocycles. The summed E-state index contributed by atoms with van der Waals surface area (Å²) in [4.78, 5) is 26.9. The van der Waals surface area contributed by atoms with E-state index in [-0.39, 0.29) is 12.1 Å². The van der Waals surface area contributed by atoms with Crippen molar-refractivity contribution >= 4 is 17.5 Å². The van der Waals surface area contributed by atoms with Gasteiger partial charge in [0.2, 0.25) is 0 Å². The Labute approximate surface area is 184 Å². The maximum atomic E-state index is 14.0. The number of likely N-dealkylation sites (N-methyl/N-ethyl adjacent to an activating group) is 1. The van der Waals surface area contributed by atoms with E-state index >= 15 is 0 Å². The number of hydrazone groups is 1. The number of halogens is 1. The third-order valence-corrected chi connectivity index (χ3v) is 5.28. The summed E-state index contributed by atoms with van der Waals surface area (Å²) in [5.74, 6) is -0.303. The molecule has 3 aromatic rings. The predicted octanol–water partition coefficient (Wildman–Crippen LogP) is 3.88. The lowest BCUT2D eigenvalue weighted by Crippen LogP contribution is -2.39. The first-order valence-corrected chi connectivity index (χ1v) is 10.0. The van der Waals surface area contributed by atoms with E-state index in [9.17, 15) is 14.0 Å². The van der Waals surface area contributed by atoms with Crippen LogP contribution in [0.1, 0.15) is 34.1 Å². The third-order valence-electron chi connectivity index (χ3n) is 5.28. The van der Waals surface area contributed by atoms with Gasteiger partial charge in [0.15, 0.2) is 0 Å². The van der Waals surface area contributed by atoms with Crippen LogP contribution in [-0.2, 0) is 4.79 Å². The first kappa shape index (κ1) is 21.3. The number of carbonyl (C=O) groups excluding carboxylic acids is 2. The lowest BCUT2D eigenvalue weighted by Gasteiger charge is -2.23. The van der Waals surface area contributed by atoms with Gasteiger partial charge in [0.25, 0.3) is 11.8 Å². The highest BCUT2D eigenvalue weighted by atomic mass is 19.1. The number of hydrogen-bond acceptors (Lipinski definition) is 5. The van der Waals surface area contributed by atoms with Crippen LogP contribution in [0.4, 0.5) is 4.39 Å². The summed E-state index contributed by atoms with van der Waals surface area (Å²) in [5.41, 5.74) is 1.48. The van der Waals surface area contributed by atoms with Crippen LogP contribution >= 0.6 is 0 Å². The molecule has 0 fully saturated rings. The lowest BCUT2D eigenvalue weighted by molar-refractivity contribution is -0.133. The molecule has 8 heteroatoms. The molecule has 0 unspecified atom stereocenters. The molecule has 2 heterocycles. The normalized spacial score (nSPS) is 15.4. The van der Waals surface area contributed by atoms with E-state index in [4.69, 9.17) is 9.15 Å². The fourth-order valence-corrected chi connectivity index (χ4v) is 3.59. The summed E-state index contributed by atoms with van der Waals surface area (Å²) in [7, 11) is 3.05. The molecule has 32 heavy (non-hydrogen) atoms. The SMILES string of the molecule is COc1ccc(C2=NN(C(=O)CN(C)C(=O)c3ccccc3F)[C@H](c3ccco3)C2)cc1. The first-order chi connectivity index (χ1) is 15.5. The fourth-order valence-electron chi connectivity index (χ4n) is 3.59. The van der Waals surface area contributed by atoms with E-state index in [1.54, 1.807) is 25.3 Å². The van der Waals surface area contributed by atoms with Gasteiger partial charge in [0.1, 0.15) is 29.9 Å². The summed E-state index contributed by atoms with van der Waals surface area (Å²) in [5, 5.41) is 5.88. The summed E-state index contributed by atoms with van der Waals surface area (Å²) in [6, 6.07) is 16.2. The molecule has 0 bridgehead atoms. The molecule has 2 amide bonds. The monoisotopic (exact) mass is 435 g/mol. The molecule has 0 spiro atoms. The van der Waals surface area contributed by atoms with Crippen LogP contribution in [0, 0.1) is 5.82 Å². The van der Waals surface area contributed by atoms with E-state index in [0.717, 1.165) is 11.3 Å². The molecule has 1 aromatic heterocycles. The van der Waals surface area contributed by atoms with Gasteiger partial charge in [-0.25, -0.2) is 9.40 Å². The van der Waals surface area contributed by atoms with Gasteiger partial charge in [-0.05, 0) is 54.1 Å². The Morgan fingerprint density at radius 1 is 1.16 bits per heavy atom. The van der Waals surface area contributed by atoms with Crippen molar-refractivity contribution in [3.8, 4) is 5.75 Å². The Morgan fingerprint density at radius 3 is 2.56 bits per heavy atom. The van der Waals surface area contributed by atoms with Crippen molar-refractivity contribution in [2.24, 2.45) is 5.10 Å². The maximum Gasteiger partial charge on any atom is 0.262 e. The number of methoxy groups -OCH3 is 1. The second-order valence-electron chi connectivity index (χ2n) is 7.39. The molecule has 7 nitrogen and oxygen atoms in total. The van der Waals surface area contributed by atoms with Crippen molar-refractivity contribution in [2.75, 3.05) is 20.7 Å². The number of nitrogens with zero attached hydrogens (tertiary/aromatic N) is 3. The van der Waals surface area contributed by atoms with Gasteiger partial charge in [0, 0.05) is 13.5 Å². The predicted molar refractivity (Wildman–Crippen MR) is 116 cm³/mol. The molecule has 1 aliphatic rings. The second kappa shape index (κ2) is 9.05. The summed E-state index contributed by atoms with van der Waals surface area (Å²) in [6.07, 6.45) is 1.99. The smallest absolute Gasteiger partial charge is 0.262 e. The quantitative estimate of drug-likeness (QED) is 0.589. The highest BCUT2D eigenvalue weighted by molar-refractivity contribution is 6.03. The zero-order chi connectivity index (χ0) is 22.7. The second-order valence-corrected chi connectivity index (χ2v) is 7.39. The van der Waals surface area contributed by atoms with Gasteiger partial charge in [0.05, 0.1) is 24.6 Å². The van der Waals surface area contributed by atoms with Gasteiger partial charge in [-0.3, -0.25) is 9.59 Å². The molecule has 0 N–H and O–H groups in total. The van der Waals surface area contributed by atoms with Gasteiger partial charge in [-0.2, -0.15) is 5.10 Å². The molecule has 4 rings (SSSR count). The van der Waals surface area contributed by atoms with E-state index in [1.807, 2.05) is 24.3 Å². The average molecular weight is 435 g/mol. The van der Waals surface area contributed by atoms with Crippen LogP contribution in [0.3, 0.4) is 0 Å². The Kier molecular flexibility index (Phi) is 6.02. The van der Waals surface area contributed by atoms with E-state index < -0.39 is 23.7 Å². The number of amides is 2. The van der Waals surface area contributed by atoms with Gasteiger partial charge in [-0.15, -0.1) is 0 Å². The summed E-state index contributed by atoms with van der Waals surface area (Å²) >= 11 is 0. The minimum absolute atomic E-state index is 0.0887. The van der Waals surface area contributed by atoms with Crippen LogP contribution in [0.2, 0.25) is 0 Å². The van der Waals surface area contributed by atoms with Gasteiger partial charge >= 0.3 is 0 Å². The van der Waals surface area contributed by atoms with Crippen LogP contribution < -0.4 is 4.74 Å². The maximum absolute atomic E-state index is 14.0. The first-order valence-electron chi connectivity index (χ1n) is 10.0. The van der Waals surface area contributed by atoms with Crippen molar-refractivity contribution in [1.82, 2.24) is 9.91 Å². The van der Waals surface area contributed by atoms with Crippen LogP contribution in [0.25, 0.3) is 0 Å². The van der Waals surface area contributed by atoms with Crippen molar-refractivity contribution < 1.29 is 23.1 Å². The molecule has 0 radical (unpaired) electrons. The Balaban J connectivity index is 1.56. The van der Waals surface area contributed by atoms with Crippen LogP contribution in [0.15, 0.2) is 76.4 Å². The number of carbonyl (C=O) groups is 2. The van der Waals surface area contributed by atoms with E-state index in [0.29, 0.717) is 17.9 Å². The van der Waals surface area contributed by atoms with E-state index in [1.165, 1.54) is 41.4 Å². The number of ether oxygens (including phenoxy) is 1. The van der Waals surface area contributed by atoms with Crippen molar-refractivity contribution in [2.45, 2.75) is 12.5 Å². The number of benzene rings is 2. The highest BCUT2D eigenvalue weighted by Gasteiger charge is 2.35. The third kappa shape index (κ3) is 4.25. The Hall–Kier alpha value is -3.94. The minimum atomic E-state index is -0.633. The molecule has 1 aliphatic heterocycles. The number of hydrogen-bond donors (Lipinski definition) is 0. The zero-order valence-corrected chi connectivity index (χ0v) is 17.7. The number of rotatable bonds is 6. The molecule has 0 saturated carbocycles. The van der Waals surface area contributed by atoms with E-state index in [2.05, 4.69) is 5.10 Å². The Morgan fingerprint density at radius 2 is 1.91 bits per heavy atom.